The van der Waals surface area contributed by atoms with Crippen molar-refractivity contribution in [2.45, 2.75) is 5.54 Å². The first-order valence-electron chi connectivity index (χ1n) is 10.6. The molecule has 0 bridgehead atoms. The standard InChI is InChI=1S/C28H21Br2N2O/c29-24-15-11-21(12-16-24)28(22-13-17-25(30)18-14-22)23(20-33)19-32(31-28,26-7-3-1-4-8-26)27-9-5-2-6-10-27/h1-20,31H/q+1. The van der Waals surface area contributed by atoms with Crippen molar-refractivity contribution in [3.8, 4) is 0 Å². The first kappa shape index (κ1) is 22.0. The van der Waals surface area contributed by atoms with E-state index in [4.69, 9.17) is 0 Å². The summed E-state index contributed by atoms with van der Waals surface area (Å²) in [5.41, 5.74) is 7.70. The highest BCUT2D eigenvalue weighted by atomic mass is 79.9. The van der Waals surface area contributed by atoms with Crippen LogP contribution in [0.25, 0.3) is 0 Å². The van der Waals surface area contributed by atoms with Gasteiger partial charge in [-0.1, -0.05) is 92.5 Å². The van der Waals surface area contributed by atoms with Crippen LogP contribution in [0.4, 0.5) is 11.4 Å². The fraction of sp³-hybridized carbons (Fsp3) is 0.0357. The van der Waals surface area contributed by atoms with Gasteiger partial charge in [0.1, 0.15) is 6.20 Å². The van der Waals surface area contributed by atoms with E-state index in [2.05, 4.69) is 85.8 Å². The molecule has 5 rings (SSSR count). The van der Waals surface area contributed by atoms with E-state index in [0.29, 0.717) is 5.57 Å². The highest BCUT2D eigenvalue weighted by molar-refractivity contribution is 9.10. The van der Waals surface area contributed by atoms with Gasteiger partial charge in [0, 0.05) is 33.2 Å². The minimum absolute atomic E-state index is 0.210. The summed E-state index contributed by atoms with van der Waals surface area (Å²) in [6, 6.07) is 36.7. The maximum absolute atomic E-state index is 12.7. The molecule has 0 aromatic heterocycles. The summed E-state index contributed by atoms with van der Waals surface area (Å²) in [7, 11) is 0. The van der Waals surface area contributed by atoms with Gasteiger partial charge in [-0.2, -0.15) is 4.59 Å². The Kier molecular flexibility index (Phi) is 5.89. The third-order valence-electron chi connectivity index (χ3n) is 6.12. The van der Waals surface area contributed by atoms with Gasteiger partial charge in [0.25, 0.3) is 0 Å². The van der Waals surface area contributed by atoms with Crippen LogP contribution in [0.15, 0.2) is 130 Å². The van der Waals surface area contributed by atoms with Crippen LogP contribution in [0, 0.1) is 0 Å². The number of benzene rings is 4. The highest BCUT2D eigenvalue weighted by Gasteiger charge is 2.54. The van der Waals surface area contributed by atoms with Gasteiger partial charge in [-0.25, -0.2) is 0 Å². The molecule has 0 atom stereocenters. The van der Waals surface area contributed by atoms with Crippen LogP contribution in [0.5, 0.6) is 0 Å². The zero-order chi connectivity index (χ0) is 22.9. The smallest absolute Gasteiger partial charge is 0.162 e. The first-order valence-corrected chi connectivity index (χ1v) is 12.2. The predicted molar refractivity (Wildman–Crippen MR) is 141 cm³/mol. The lowest BCUT2D eigenvalue weighted by Gasteiger charge is -2.37. The highest BCUT2D eigenvalue weighted by Crippen LogP contribution is 2.48. The van der Waals surface area contributed by atoms with Crippen molar-refractivity contribution in [3.63, 3.8) is 0 Å². The molecule has 0 saturated heterocycles. The largest absolute Gasteiger partial charge is 0.298 e. The summed E-state index contributed by atoms with van der Waals surface area (Å²) in [6.07, 6.45) is 3.00. The minimum atomic E-state index is -0.852. The third-order valence-corrected chi connectivity index (χ3v) is 7.18. The summed E-state index contributed by atoms with van der Waals surface area (Å²) in [5.74, 6) is 0. The van der Waals surface area contributed by atoms with E-state index in [-0.39, 0.29) is 4.59 Å². The lowest BCUT2D eigenvalue weighted by atomic mass is 9.79. The predicted octanol–water partition coefficient (Wildman–Crippen LogP) is 7.40. The molecule has 5 heteroatoms. The van der Waals surface area contributed by atoms with E-state index < -0.39 is 5.54 Å². The molecule has 1 aliphatic rings. The Morgan fingerprint density at radius 2 is 1.06 bits per heavy atom. The Morgan fingerprint density at radius 3 is 1.45 bits per heavy atom. The zero-order valence-electron chi connectivity index (χ0n) is 17.7. The molecule has 0 fully saturated rings. The van der Waals surface area contributed by atoms with Crippen molar-refractivity contribution < 1.29 is 4.79 Å². The lowest BCUT2D eigenvalue weighted by Crippen LogP contribution is -2.56. The second kappa shape index (κ2) is 8.84. The molecule has 162 valence electrons. The van der Waals surface area contributed by atoms with Gasteiger partial charge in [0.15, 0.2) is 23.2 Å². The van der Waals surface area contributed by atoms with Gasteiger partial charge in [-0.15, -0.1) is 5.43 Å². The molecule has 0 unspecified atom stereocenters. The Bertz CT molecular complexity index is 1220. The van der Waals surface area contributed by atoms with E-state index in [9.17, 15) is 4.79 Å². The third kappa shape index (κ3) is 3.71. The topological polar surface area (TPSA) is 29.1 Å². The van der Waals surface area contributed by atoms with Gasteiger partial charge >= 0.3 is 0 Å². The average Bonchev–Trinajstić information content (AvgIpc) is 3.24. The maximum Gasteiger partial charge on any atom is 0.162 e. The molecule has 4 aromatic carbocycles. The number of hydrogen-bond acceptors (Lipinski definition) is 2. The van der Waals surface area contributed by atoms with Gasteiger partial charge in [-0.3, -0.25) is 4.79 Å². The van der Waals surface area contributed by atoms with Crippen LogP contribution < -0.4 is 10.0 Å². The SMILES string of the molecule is O=CC1=C[N+](c2ccccc2)(c2ccccc2)NC1(c1ccc(Br)cc1)c1ccc(Br)cc1. The molecular formula is C28H21Br2N2O+. The summed E-state index contributed by atoms with van der Waals surface area (Å²) in [5, 5.41) is 0. The normalized spacial score (nSPS) is 16.2. The van der Waals surface area contributed by atoms with E-state index >= 15 is 0 Å². The van der Waals surface area contributed by atoms with Crippen molar-refractivity contribution >= 4 is 49.5 Å². The molecule has 1 N–H and O–H groups in total. The molecule has 1 aliphatic heterocycles. The molecule has 0 radical (unpaired) electrons. The van der Waals surface area contributed by atoms with Crippen molar-refractivity contribution in [2.24, 2.45) is 0 Å². The van der Waals surface area contributed by atoms with Crippen molar-refractivity contribution in [2.75, 3.05) is 0 Å². The second-order valence-electron chi connectivity index (χ2n) is 7.97. The first-order chi connectivity index (χ1) is 16.1. The molecule has 0 spiro atoms. The van der Waals surface area contributed by atoms with E-state index in [1.165, 1.54) is 0 Å². The van der Waals surface area contributed by atoms with Crippen LogP contribution in [-0.4, -0.2) is 6.29 Å². The van der Waals surface area contributed by atoms with Gasteiger partial charge < -0.3 is 0 Å². The molecule has 4 aromatic rings. The Hall–Kier alpha value is -2.83. The number of carbonyl (C=O) groups excluding carboxylic acids is 1. The number of nitrogens with zero attached hydrogens (tertiary/aromatic N) is 1. The van der Waals surface area contributed by atoms with Crippen molar-refractivity contribution in [1.29, 1.82) is 0 Å². The Labute approximate surface area is 210 Å². The molecule has 33 heavy (non-hydrogen) atoms. The lowest BCUT2D eigenvalue weighted by molar-refractivity contribution is -0.105. The Morgan fingerprint density at radius 1 is 0.636 bits per heavy atom. The fourth-order valence-corrected chi connectivity index (χ4v) is 5.10. The second-order valence-corrected chi connectivity index (χ2v) is 9.80. The number of halogens is 2. The van der Waals surface area contributed by atoms with Crippen LogP contribution in [0.2, 0.25) is 0 Å². The quantitative estimate of drug-likeness (QED) is 0.203. The van der Waals surface area contributed by atoms with Crippen LogP contribution in [0.3, 0.4) is 0 Å². The summed E-state index contributed by atoms with van der Waals surface area (Å²) < 4.78 is 2.18. The molecular weight excluding hydrogens is 540 g/mol. The van der Waals surface area contributed by atoms with Crippen molar-refractivity contribution in [3.05, 3.63) is 141 Å². The van der Waals surface area contributed by atoms with E-state index in [1.54, 1.807) is 0 Å². The van der Waals surface area contributed by atoms with Crippen LogP contribution >= 0.6 is 31.9 Å². The molecule has 0 amide bonds. The number of nitrogens with one attached hydrogen (secondary N) is 1. The van der Waals surface area contributed by atoms with Crippen LogP contribution in [0.1, 0.15) is 11.1 Å². The fourth-order valence-electron chi connectivity index (χ4n) is 4.57. The van der Waals surface area contributed by atoms with Crippen LogP contribution in [-0.2, 0) is 10.3 Å². The summed E-state index contributed by atoms with van der Waals surface area (Å²) >= 11 is 7.10. The number of hydrogen-bond donors (Lipinski definition) is 1. The van der Waals surface area contributed by atoms with Gasteiger partial charge in [0.2, 0.25) is 0 Å². The zero-order valence-corrected chi connectivity index (χ0v) is 20.8. The average molecular weight is 561 g/mol. The Balaban J connectivity index is 1.83. The number of aldehydes is 1. The number of carbonyl (C=O) groups is 1. The molecule has 0 aliphatic carbocycles. The minimum Gasteiger partial charge on any atom is -0.298 e. The number of rotatable bonds is 5. The summed E-state index contributed by atoms with van der Waals surface area (Å²) in [6.45, 7) is 0. The number of para-hydroxylation sites is 2. The maximum atomic E-state index is 12.7. The monoisotopic (exact) mass is 559 g/mol. The van der Waals surface area contributed by atoms with Gasteiger partial charge in [0.05, 0.1) is 5.57 Å². The summed E-state index contributed by atoms with van der Waals surface area (Å²) in [4.78, 5) is 12.7. The van der Waals surface area contributed by atoms with Gasteiger partial charge in [-0.05, 0) is 35.4 Å². The van der Waals surface area contributed by atoms with E-state index in [0.717, 1.165) is 37.7 Å². The molecule has 3 nitrogen and oxygen atoms in total. The number of quaternary nitrogens is 1. The molecule has 0 saturated carbocycles. The molecule has 1 heterocycles. The van der Waals surface area contributed by atoms with E-state index in [1.807, 2.05) is 66.9 Å². The van der Waals surface area contributed by atoms with Crippen molar-refractivity contribution in [1.82, 2.24) is 10.0 Å².